The summed E-state index contributed by atoms with van der Waals surface area (Å²) in [4.78, 5) is 25.1. The molecule has 0 fully saturated rings. The molecule has 0 saturated heterocycles. The van der Waals surface area contributed by atoms with E-state index < -0.39 is 5.78 Å². The smallest absolute Gasteiger partial charge is 0.198 e. The lowest BCUT2D eigenvalue weighted by molar-refractivity contribution is 0.0976. The standard InChI is InChI=1S/C14H7Br2NO3/c15-6-4-7(16)13(19)11-10(6)14(20)9-5(12(11)18)2-1-3-8(9)17/h1-4,19H,17H2. The van der Waals surface area contributed by atoms with E-state index in [0.717, 1.165) is 0 Å². The molecule has 3 rings (SSSR count). The Morgan fingerprint density at radius 3 is 2.35 bits per heavy atom. The fourth-order valence-electron chi connectivity index (χ4n) is 2.32. The molecule has 6 heteroatoms. The first-order valence-corrected chi connectivity index (χ1v) is 7.21. The van der Waals surface area contributed by atoms with Gasteiger partial charge < -0.3 is 10.8 Å². The second-order valence-corrected chi connectivity index (χ2v) is 6.08. The molecule has 3 N–H and O–H groups in total. The highest BCUT2D eigenvalue weighted by molar-refractivity contribution is 9.11. The van der Waals surface area contributed by atoms with E-state index in [1.54, 1.807) is 12.1 Å². The molecule has 0 spiro atoms. The minimum absolute atomic E-state index is 0.00523. The Morgan fingerprint density at radius 1 is 0.950 bits per heavy atom. The zero-order valence-electron chi connectivity index (χ0n) is 9.91. The monoisotopic (exact) mass is 395 g/mol. The van der Waals surface area contributed by atoms with Crippen molar-refractivity contribution in [2.45, 2.75) is 0 Å². The normalized spacial score (nSPS) is 13.1. The molecule has 0 saturated carbocycles. The summed E-state index contributed by atoms with van der Waals surface area (Å²) < 4.78 is 0.779. The molecule has 0 unspecified atom stereocenters. The maximum Gasteiger partial charge on any atom is 0.198 e. The van der Waals surface area contributed by atoms with Gasteiger partial charge in [-0.2, -0.15) is 0 Å². The number of hydrogen-bond donors (Lipinski definition) is 2. The molecular formula is C14H7Br2NO3. The second-order valence-electron chi connectivity index (χ2n) is 4.37. The largest absolute Gasteiger partial charge is 0.506 e. The lowest BCUT2D eigenvalue weighted by atomic mass is 9.83. The highest BCUT2D eigenvalue weighted by Gasteiger charge is 2.35. The molecule has 0 bridgehead atoms. The highest BCUT2D eigenvalue weighted by Crippen LogP contribution is 2.42. The van der Waals surface area contributed by atoms with E-state index in [0.29, 0.717) is 8.95 Å². The van der Waals surface area contributed by atoms with Crippen LogP contribution in [0, 0.1) is 0 Å². The minimum atomic E-state index is -0.415. The van der Waals surface area contributed by atoms with E-state index in [1.807, 2.05) is 0 Å². The maximum atomic E-state index is 12.6. The van der Waals surface area contributed by atoms with Gasteiger partial charge in [-0.15, -0.1) is 0 Å². The Kier molecular flexibility index (Phi) is 2.95. The van der Waals surface area contributed by atoms with Crippen molar-refractivity contribution in [2.24, 2.45) is 0 Å². The fraction of sp³-hybridized carbons (Fsp3) is 0. The summed E-state index contributed by atoms with van der Waals surface area (Å²) in [6.45, 7) is 0. The number of phenols is 1. The SMILES string of the molecule is Nc1cccc2c1C(=O)c1c(Br)cc(Br)c(O)c1C2=O. The van der Waals surface area contributed by atoms with Crippen LogP contribution in [0.4, 0.5) is 5.69 Å². The number of nitrogen functional groups attached to an aromatic ring is 1. The molecule has 4 nitrogen and oxygen atoms in total. The van der Waals surface area contributed by atoms with Crippen LogP contribution in [0.2, 0.25) is 0 Å². The lowest BCUT2D eigenvalue weighted by Crippen LogP contribution is -2.23. The van der Waals surface area contributed by atoms with Crippen molar-refractivity contribution < 1.29 is 14.7 Å². The van der Waals surface area contributed by atoms with Crippen molar-refractivity contribution in [3.05, 3.63) is 55.5 Å². The number of carbonyl (C=O) groups excluding carboxylic acids is 2. The molecule has 0 heterocycles. The molecule has 2 aromatic rings. The lowest BCUT2D eigenvalue weighted by Gasteiger charge is -2.21. The van der Waals surface area contributed by atoms with Crippen molar-refractivity contribution in [2.75, 3.05) is 5.73 Å². The number of carbonyl (C=O) groups is 2. The molecule has 0 aromatic heterocycles. The molecule has 1 aliphatic carbocycles. The summed E-state index contributed by atoms with van der Waals surface area (Å²) in [5, 5.41) is 10.1. The van der Waals surface area contributed by atoms with Crippen LogP contribution in [-0.4, -0.2) is 16.7 Å². The number of fused-ring (bicyclic) bond motifs is 2. The Hall–Kier alpha value is -1.66. The van der Waals surface area contributed by atoms with E-state index in [2.05, 4.69) is 31.9 Å². The van der Waals surface area contributed by atoms with Crippen LogP contribution in [0.1, 0.15) is 31.8 Å². The number of aromatic hydroxyl groups is 1. The fourth-order valence-corrected chi connectivity index (χ4v) is 3.67. The summed E-state index contributed by atoms with van der Waals surface area (Å²) >= 11 is 6.42. The Morgan fingerprint density at radius 2 is 1.65 bits per heavy atom. The third kappa shape index (κ3) is 1.65. The Labute approximate surface area is 130 Å². The van der Waals surface area contributed by atoms with Gasteiger partial charge in [0.2, 0.25) is 0 Å². The number of hydrogen-bond acceptors (Lipinski definition) is 4. The van der Waals surface area contributed by atoms with Gasteiger partial charge in [-0.25, -0.2) is 0 Å². The van der Waals surface area contributed by atoms with Crippen LogP contribution in [0.15, 0.2) is 33.2 Å². The number of ketones is 2. The predicted molar refractivity (Wildman–Crippen MR) is 81.2 cm³/mol. The molecule has 1 aliphatic rings. The van der Waals surface area contributed by atoms with Gasteiger partial charge in [0.25, 0.3) is 0 Å². The molecule has 2 aromatic carbocycles. The van der Waals surface area contributed by atoms with Crippen molar-refractivity contribution in [1.82, 2.24) is 0 Å². The zero-order chi connectivity index (χ0) is 14.6. The number of phenolic OH excluding ortho intramolecular Hbond substituents is 1. The molecule has 20 heavy (non-hydrogen) atoms. The summed E-state index contributed by atoms with van der Waals surface area (Å²) in [6, 6.07) is 6.24. The van der Waals surface area contributed by atoms with Gasteiger partial charge in [-0.05, 0) is 44.0 Å². The Balaban J connectivity index is 2.44. The second kappa shape index (κ2) is 4.43. The molecule has 100 valence electrons. The molecule has 0 radical (unpaired) electrons. The van der Waals surface area contributed by atoms with Gasteiger partial charge in [0.1, 0.15) is 5.75 Å². The summed E-state index contributed by atoms with van der Waals surface area (Å²) in [7, 11) is 0. The average Bonchev–Trinajstić information content (AvgIpc) is 2.40. The zero-order valence-corrected chi connectivity index (χ0v) is 13.1. The van der Waals surface area contributed by atoms with Gasteiger partial charge in [-0.3, -0.25) is 9.59 Å². The molecule has 0 aliphatic heterocycles. The third-order valence-corrected chi connectivity index (χ3v) is 4.46. The summed E-state index contributed by atoms with van der Waals surface area (Å²) in [5.74, 6) is -1.03. The van der Waals surface area contributed by atoms with E-state index in [-0.39, 0.29) is 39.5 Å². The predicted octanol–water partition coefficient (Wildman–Crippen LogP) is 3.27. The Bertz CT molecular complexity index is 799. The number of benzene rings is 2. The molecule has 0 atom stereocenters. The third-order valence-electron chi connectivity index (χ3n) is 3.23. The summed E-state index contributed by atoms with van der Waals surface area (Å²) in [6.07, 6.45) is 0. The average molecular weight is 397 g/mol. The highest BCUT2D eigenvalue weighted by atomic mass is 79.9. The molecular weight excluding hydrogens is 390 g/mol. The van der Waals surface area contributed by atoms with E-state index in [4.69, 9.17) is 5.73 Å². The van der Waals surface area contributed by atoms with Crippen molar-refractivity contribution in [3.8, 4) is 5.75 Å². The van der Waals surface area contributed by atoms with Gasteiger partial charge in [0.15, 0.2) is 11.6 Å². The quantitative estimate of drug-likeness (QED) is 0.571. The van der Waals surface area contributed by atoms with Crippen molar-refractivity contribution in [1.29, 1.82) is 0 Å². The number of rotatable bonds is 0. The van der Waals surface area contributed by atoms with Crippen LogP contribution in [0.5, 0.6) is 5.75 Å². The van der Waals surface area contributed by atoms with Crippen LogP contribution in [0.25, 0.3) is 0 Å². The molecule has 0 amide bonds. The first-order valence-electron chi connectivity index (χ1n) is 5.62. The minimum Gasteiger partial charge on any atom is -0.506 e. The number of halogens is 2. The van der Waals surface area contributed by atoms with Gasteiger partial charge in [0, 0.05) is 15.7 Å². The van der Waals surface area contributed by atoms with Gasteiger partial charge in [-0.1, -0.05) is 12.1 Å². The number of anilines is 1. The summed E-state index contributed by atoms with van der Waals surface area (Å²) in [5.41, 5.74) is 6.59. The van der Waals surface area contributed by atoms with E-state index >= 15 is 0 Å². The van der Waals surface area contributed by atoms with Crippen LogP contribution >= 0.6 is 31.9 Å². The van der Waals surface area contributed by atoms with Crippen molar-refractivity contribution >= 4 is 49.1 Å². The first kappa shape index (κ1) is 13.3. The van der Waals surface area contributed by atoms with Gasteiger partial charge in [0.05, 0.1) is 21.2 Å². The van der Waals surface area contributed by atoms with Gasteiger partial charge >= 0.3 is 0 Å². The number of nitrogens with two attached hydrogens (primary N) is 1. The maximum absolute atomic E-state index is 12.6. The first-order chi connectivity index (χ1) is 9.43. The van der Waals surface area contributed by atoms with Crippen LogP contribution < -0.4 is 5.73 Å². The van der Waals surface area contributed by atoms with Crippen LogP contribution in [-0.2, 0) is 0 Å². The van der Waals surface area contributed by atoms with E-state index in [1.165, 1.54) is 12.1 Å². The topological polar surface area (TPSA) is 80.4 Å². The van der Waals surface area contributed by atoms with E-state index in [9.17, 15) is 14.7 Å². The van der Waals surface area contributed by atoms with Crippen LogP contribution in [0.3, 0.4) is 0 Å². The van der Waals surface area contributed by atoms with Crippen molar-refractivity contribution in [3.63, 3.8) is 0 Å².